The summed E-state index contributed by atoms with van der Waals surface area (Å²) in [4.78, 5) is 24.5. The number of sulfonamides is 1. The van der Waals surface area contributed by atoms with Crippen LogP contribution in [0.4, 0.5) is 23.0 Å². The molecule has 2 aromatic carbocycles. The largest absolute Gasteiger partial charge is 0.506 e. The molecule has 0 spiro atoms. The van der Waals surface area contributed by atoms with E-state index in [1.165, 1.54) is 23.9 Å². The van der Waals surface area contributed by atoms with Gasteiger partial charge in [0.05, 0.1) is 16.3 Å². The summed E-state index contributed by atoms with van der Waals surface area (Å²) in [5, 5.41) is 23.6. The van der Waals surface area contributed by atoms with Crippen LogP contribution in [-0.4, -0.2) is 45.3 Å². The van der Waals surface area contributed by atoms with Gasteiger partial charge in [-0.2, -0.15) is 15.0 Å². The third-order valence-corrected chi connectivity index (χ3v) is 6.52. The van der Waals surface area contributed by atoms with Crippen molar-refractivity contribution >= 4 is 56.2 Å². The SMILES string of the molecule is CNS(=O)(=O)c1ccc(O)c(N=Nc2c(C)[nH]n(-c3cccc(Nc4nc(Cl)nc(Cl)n4)c3)c2=O)c1. The molecule has 36 heavy (non-hydrogen) atoms. The van der Waals surface area contributed by atoms with Gasteiger partial charge in [-0.05, 0) is 73.6 Å². The Balaban J connectivity index is 1.65. The van der Waals surface area contributed by atoms with E-state index in [0.29, 0.717) is 17.1 Å². The lowest BCUT2D eigenvalue weighted by molar-refractivity contribution is 0.476. The number of nitrogens with zero attached hydrogens (tertiary/aromatic N) is 6. The number of aryl methyl sites for hydroxylation is 1. The Morgan fingerprint density at radius 1 is 1.06 bits per heavy atom. The zero-order chi connectivity index (χ0) is 26.0. The van der Waals surface area contributed by atoms with E-state index in [1.54, 1.807) is 31.2 Å². The van der Waals surface area contributed by atoms with E-state index in [4.69, 9.17) is 23.2 Å². The average molecular weight is 550 g/mol. The first-order valence-electron chi connectivity index (χ1n) is 10.0. The number of hydrogen-bond acceptors (Lipinski definition) is 10. The van der Waals surface area contributed by atoms with Crippen LogP contribution in [0.1, 0.15) is 5.69 Å². The van der Waals surface area contributed by atoms with Crippen LogP contribution >= 0.6 is 23.2 Å². The standard InChI is InChI=1S/C20H17Cl2N9O4S/c1-10-16(29-28-14-9-13(6-7-15(14)32)36(34,35)23-2)17(33)31(30-10)12-5-3-4-11(8-12)24-20-26-18(21)25-19(22)27-20/h3-9,23,30,32H,1-2H3,(H,24,25,26,27). The summed E-state index contributed by atoms with van der Waals surface area (Å²) in [5.74, 6) is -0.191. The van der Waals surface area contributed by atoms with Crippen molar-refractivity contribution in [1.82, 2.24) is 29.5 Å². The molecule has 0 amide bonds. The Hall–Kier alpha value is -3.85. The van der Waals surface area contributed by atoms with E-state index < -0.39 is 15.6 Å². The van der Waals surface area contributed by atoms with Crippen LogP contribution < -0.4 is 15.6 Å². The molecule has 0 bridgehead atoms. The number of rotatable bonds is 7. The Labute approximate surface area is 213 Å². The van der Waals surface area contributed by atoms with Crippen molar-refractivity contribution in [3.05, 3.63) is 69.1 Å². The van der Waals surface area contributed by atoms with E-state index in [9.17, 15) is 18.3 Å². The van der Waals surface area contributed by atoms with Crippen LogP contribution in [0.25, 0.3) is 5.69 Å². The van der Waals surface area contributed by atoms with Gasteiger partial charge in [0.1, 0.15) is 11.4 Å². The minimum Gasteiger partial charge on any atom is -0.506 e. The lowest BCUT2D eigenvalue weighted by atomic mass is 10.3. The fourth-order valence-corrected chi connectivity index (χ4v) is 4.16. The highest BCUT2D eigenvalue weighted by atomic mass is 35.5. The van der Waals surface area contributed by atoms with Crippen molar-refractivity contribution in [2.45, 2.75) is 11.8 Å². The minimum absolute atomic E-state index is 0.0364. The third-order valence-electron chi connectivity index (χ3n) is 4.77. The van der Waals surface area contributed by atoms with Crippen LogP contribution in [0, 0.1) is 6.92 Å². The molecule has 0 saturated heterocycles. The summed E-state index contributed by atoms with van der Waals surface area (Å²) >= 11 is 11.6. The number of anilines is 2. The molecule has 16 heteroatoms. The second-order valence-corrected chi connectivity index (χ2v) is 9.72. The number of halogens is 2. The molecule has 0 atom stereocenters. The summed E-state index contributed by atoms with van der Waals surface area (Å²) < 4.78 is 27.5. The first-order valence-corrected chi connectivity index (χ1v) is 12.3. The van der Waals surface area contributed by atoms with Gasteiger partial charge in [-0.1, -0.05) is 6.07 Å². The number of nitrogens with one attached hydrogen (secondary N) is 3. The van der Waals surface area contributed by atoms with Crippen LogP contribution in [-0.2, 0) is 10.0 Å². The summed E-state index contributed by atoms with van der Waals surface area (Å²) in [6.07, 6.45) is 0. The quantitative estimate of drug-likeness (QED) is 0.251. The highest BCUT2D eigenvalue weighted by Crippen LogP contribution is 2.30. The number of phenols is 1. The molecule has 13 nitrogen and oxygen atoms in total. The summed E-state index contributed by atoms with van der Waals surface area (Å²) in [6.45, 7) is 1.62. The molecule has 0 radical (unpaired) electrons. The molecule has 2 heterocycles. The number of azo groups is 1. The van der Waals surface area contributed by atoms with Crippen LogP contribution in [0.15, 0.2) is 62.4 Å². The molecule has 0 aliphatic heterocycles. The van der Waals surface area contributed by atoms with Crippen molar-refractivity contribution in [3.8, 4) is 11.4 Å². The second kappa shape index (κ2) is 10.0. The van der Waals surface area contributed by atoms with Crippen molar-refractivity contribution in [2.24, 2.45) is 10.2 Å². The lowest BCUT2D eigenvalue weighted by Crippen LogP contribution is -2.18. The highest BCUT2D eigenvalue weighted by Gasteiger charge is 2.16. The van der Waals surface area contributed by atoms with Crippen LogP contribution in [0.3, 0.4) is 0 Å². The van der Waals surface area contributed by atoms with Gasteiger partial charge < -0.3 is 10.4 Å². The second-order valence-electron chi connectivity index (χ2n) is 7.16. The van der Waals surface area contributed by atoms with Gasteiger partial charge in [0.25, 0.3) is 5.56 Å². The maximum absolute atomic E-state index is 13.0. The predicted molar refractivity (Wildman–Crippen MR) is 133 cm³/mol. The number of aromatic nitrogens is 5. The molecule has 0 aliphatic carbocycles. The zero-order valence-electron chi connectivity index (χ0n) is 18.6. The first kappa shape index (κ1) is 25.2. The molecule has 0 saturated carbocycles. The number of phenolic OH excluding ortho intramolecular Hbond substituents is 1. The number of H-pyrrole nitrogens is 1. The van der Waals surface area contributed by atoms with Crippen LogP contribution in [0.5, 0.6) is 5.75 Å². The Kier molecular flexibility index (Phi) is 7.03. The summed E-state index contributed by atoms with van der Waals surface area (Å²) in [5.41, 5.74) is 0.672. The molecule has 0 aliphatic rings. The molecule has 186 valence electrons. The molecule has 4 aromatic rings. The van der Waals surface area contributed by atoms with Gasteiger partial charge in [-0.15, -0.1) is 10.2 Å². The Morgan fingerprint density at radius 3 is 2.47 bits per heavy atom. The summed E-state index contributed by atoms with van der Waals surface area (Å²) in [6, 6.07) is 10.3. The maximum atomic E-state index is 13.0. The number of aromatic hydroxyl groups is 1. The zero-order valence-corrected chi connectivity index (χ0v) is 20.9. The number of aromatic amines is 1. The fraction of sp³-hybridized carbons (Fsp3) is 0.100. The lowest BCUT2D eigenvalue weighted by Gasteiger charge is -2.07. The minimum atomic E-state index is -3.77. The normalized spacial score (nSPS) is 11.8. The molecule has 4 rings (SSSR count). The Bertz CT molecular complexity index is 1630. The van der Waals surface area contributed by atoms with Crippen molar-refractivity contribution in [2.75, 3.05) is 12.4 Å². The molecular weight excluding hydrogens is 533 g/mol. The Morgan fingerprint density at radius 2 is 1.78 bits per heavy atom. The highest BCUT2D eigenvalue weighted by molar-refractivity contribution is 7.89. The van der Waals surface area contributed by atoms with E-state index in [-0.39, 0.29) is 38.5 Å². The van der Waals surface area contributed by atoms with Gasteiger partial charge in [0.15, 0.2) is 5.69 Å². The van der Waals surface area contributed by atoms with Crippen LogP contribution in [0.2, 0.25) is 10.6 Å². The smallest absolute Gasteiger partial charge is 0.299 e. The molecular formula is C20H17Cl2N9O4S. The van der Waals surface area contributed by atoms with E-state index >= 15 is 0 Å². The van der Waals surface area contributed by atoms with Crippen molar-refractivity contribution in [3.63, 3.8) is 0 Å². The molecule has 0 fully saturated rings. The van der Waals surface area contributed by atoms with E-state index in [1.807, 2.05) is 0 Å². The van der Waals surface area contributed by atoms with Gasteiger partial charge in [0, 0.05) is 5.69 Å². The topological polar surface area (TPSA) is 180 Å². The van der Waals surface area contributed by atoms with Gasteiger partial charge in [0.2, 0.25) is 26.5 Å². The average Bonchev–Trinajstić information content (AvgIpc) is 3.11. The first-order chi connectivity index (χ1) is 17.1. The summed E-state index contributed by atoms with van der Waals surface area (Å²) in [7, 11) is -2.51. The number of hydrogen-bond donors (Lipinski definition) is 4. The molecule has 2 aromatic heterocycles. The van der Waals surface area contributed by atoms with Gasteiger partial charge >= 0.3 is 0 Å². The van der Waals surface area contributed by atoms with E-state index in [2.05, 4.69) is 40.3 Å². The monoisotopic (exact) mass is 549 g/mol. The maximum Gasteiger partial charge on any atom is 0.299 e. The number of benzene rings is 2. The molecule has 0 unspecified atom stereocenters. The van der Waals surface area contributed by atoms with Crippen molar-refractivity contribution in [1.29, 1.82) is 0 Å². The van der Waals surface area contributed by atoms with E-state index in [0.717, 1.165) is 6.07 Å². The van der Waals surface area contributed by atoms with Crippen molar-refractivity contribution < 1.29 is 13.5 Å². The van der Waals surface area contributed by atoms with Gasteiger partial charge in [-0.3, -0.25) is 9.89 Å². The molecule has 4 N–H and O–H groups in total. The predicted octanol–water partition coefficient (Wildman–Crippen LogP) is 3.74. The fourth-order valence-electron chi connectivity index (χ4n) is 3.04. The van der Waals surface area contributed by atoms with Gasteiger partial charge in [-0.25, -0.2) is 17.8 Å². The third kappa shape index (κ3) is 5.36.